The number of piperidine rings is 1. The predicted molar refractivity (Wildman–Crippen MR) is 84.6 cm³/mol. The molecule has 1 saturated heterocycles. The highest BCUT2D eigenvalue weighted by atomic mass is 32.2. The number of nitrogens with zero attached hydrogens (tertiary/aromatic N) is 3. The van der Waals surface area contributed by atoms with Crippen molar-refractivity contribution in [3.63, 3.8) is 0 Å². The fourth-order valence-electron chi connectivity index (χ4n) is 2.52. The highest BCUT2D eigenvalue weighted by Crippen LogP contribution is 2.22. The van der Waals surface area contributed by atoms with E-state index in [1.165, 1.54) is 12.4 Å². The van der Waals surface area contributed by atoms with Crippen LogP contribution in [-0.2, 0) is 14.6 Å². The van der Waals surface area contributed by atoms with E-state index in [2.05, 4.69) is 9.97 Å². The Bertz CT molecular complexity index is 640. The SMILES string of the molecule is CC(C)(C)OC(=O)N1CCCC(CS(=O)(=O)c2ncccn2)C1. The molecule has 1 unspecified atom stereocenters. The first-order chi connectivity index (χ1) is 10.7. The third-order valence-electron chi connectivity index (χ3n) is 3.45. The fourth-order valence-corrected chi connectivity index (χ4v) is 4.01. The van der Waals surface area contributed by atoms with Crippen molar-refractivity contribution in [2.24, 2.45) is 5.92 Å². The van der Waals surface area contributed by atoms with E-state index < -0.39 is 21.5 Å². The molecule has 0 N–H and O–H groups in total. The molecule has 0 radical (unpaired) electrons. The van der Waals surface area contributed by atoms with E-state index in [1.54, 1.807) is 11.0 Å². The van der Waals surface area contributed by atoms with Crippen LogP contribution >= 0.6 is 0 Å². The minimum Gasteiger partial charge on any atom is -0.444 e. The van der Waals surface area contributed by atoms with E-state index >= 15 is 0 Å². The zero-order chi connectivity index (χ0) is 17.1. The Morgan fingerprint density at radius 1 is 1.35 bits per heavy atom. The number of rotatable bonds is 3. The summed E-state index contributed by atoms with van der Waals surface area (Å²) in [5.41, 5.74) is -0.562. The van der Waals surface area contributed by atoms with Gasteiger partial charge in [-0.1, -0.05) is 0 Å². The average molecular weight is 341 g/mol. The molecule has 1 fully saturated rings. The summed E-state index contributed by atoms with van der Waals surface area (Å²) in [4.78, 5) is 21.3. The Morgan fingerprint density at radius 3 is 2.61 bits per heavy atom. The van der Waals surface area contributed by atoms with Crippen LogP contribution in [0, 0.1) is 5.92 Å². The number of hydrogen-bond donors (Lipinski definition) is 0. The van der Waals surface area contributed by atoms with Gasteiger partial charge in [-0.2, -0.15) is 0 Å². The molecule has 1 amide bonds. The second-order valence-corrected chi connectivity index (χ2v) is 8.68. The molecule has 23 heavy (non-hydrogen) atoms. The topological polar surface area (TPSA) is 89.5 Å². The minimum atomic E-state index is -3.55. The number of ether oxygens (including phenoxy) is 1. The van der Waals surface area contributed by atoms with Crippen molar-refractivity contribution in [1.29, 1.82) is 0 Å². The van der Waals surface area contributed by atoms with Crippen molar-refractivity contribution in [2.45, 2.75) is 44.4 Å². The van der Waals surface area contributed by atoms with E-state index in [1.807, 2.05) is 20.8 Å². The van der Waals surface area contributed by atoms with Gasteiger partial charge in [-0.15, -0.1) is 0 Å². The Hall–Kier alpha value is -1.70. The molecule has 2 heterocycles. The van der Waals surface area contributed by atoms with E-state index in [4.69, 9.17) is 4.74 Å². The van der Waals surface area contributed by atoms with Crippen molar-refractivity contribution in [3.05, 3.63) is 18.5 Å². The molecule has 0 saturated carbocycles. The van der Waals surface area contributed by atoms with Gasteiger partial charge in [0.2, 0.25) is 15.0 Å². The summed E-state index contributed by atoms with van der Waals surface area (Å²) in [5, 5.41) is -0.158. The molecule has 1 aliphatic heterocycles. The van der Waals surface area contributed by atoms with Crippen LogP contribution in [0.5, 0.6) is 0 Å². The Morgan fingerprint density at radius 2 is 2.00 bits per heavy atom. The molecule has 0 aliphatic carbocycles. The number of aromatic nitrogens is 2. The third-order valence-corrected chi connectivity index (χ3v) is 5.12. The summed E-state index contributed by atoms with van der Waals surface area (Å²) in [7, 11) is -3.55. The maximum absolute atomic E-state index is 12.3. The average Bonchev–Trinajstić information content (AvgIpc) is 2.46. The standard InChI is InChI=1S/C15H23N3O4S/c1-15(2,3)22-14(19)18-9-4-6-12(10-18)11-23(20,21)13-16-7-5-8-17-13/h5,7-8,12H,4,6,9-11H2,1-3H3. The molecule has 2 rings (SSSR count). The maximum Gasteiger partial charge on any atom is 0.410 e. The van der Waals surface area contributed by atoms with Crippen molar-refractivity contribution >= 4 is 15.9 Å². The van der Waals surface area contributed by atoms with Crippen LogP contribution < -0.4 is 0 Å². The largest absolute Gasteiger partial charge is 0.444 e. The highest BCUT2D eigenvalue weighted by molar-refractivity contribution is 7.91. The van der Waals surface area contributed by atoms with Gasteiger partial charge in [0.15, 0.2) is 0 Å². The van der Waals surface area contributed by atoms with Crippen LogP contribution in [0.4, 0.5) is 4.79 Å². The highest BCUT2D eigenvalue weighted by Gasteiger charge is 2.31. The Labute approximate surface area is 137 Å². The molecule has 128 valence electrons. The first-order valence-corrected chi connectivity index (χ1v) is 9.30. The zero-order valence-corrected chi connectivity index (χ0v) is 14.5. The van der Waals surface area contributed by atoms with E-state index in [0.717, 1.165) is 12.8 Å². The van der Waals surface area contributed by atoms with Crippen LogP contribution in [0.15, 0.2) is 23.6 Å². The lowest BCUT2D eigenvalue weighted by Crippen LogP contribution is -2.44. The molecular formula is C15H23N3O4S. The van der Waals surface area contributed by atoms with E-state index in [-0.39, 0.29) is 16.8 Å². The van der Waals surface area contributed by atoms with Gasteiger partial charge < -0.3 is 9.64 Å². The molecule has 1 aromatic rings. The monoisotopic (exact) mass is 341 g/mol. The predicted octanol–water partition coefficient (Wildman–Crippen LogP) is 1.90. The number of sulfone groups is 1. The number of amides is 1. The van der Waals surface area contributed by atoms with Gasteiger partial charge in [0.05, 0.1) is 5.75 Å². The fraction of sp³-hybridized carbons (Fsp3) is 0.667. The summed E-state index contributed by atoms with van der Waals surface area (Å²) < 4.78 is 30.0. The van der Waals surface area contributed by atoms with Crippen LogP contribution in [-0.4, -0.2) is 53.8 Å². The summed E-state index contributed by atoms with van der Waals surface area (Å²) in [6.07, 6.45) is 3.94. The van der Waals surface area contributed by atoms with Crippen LogP contribution in [0.3, 0.4) is 0 Å². The van der Waals surface area contributed by atoms with Crippen molar-refractivity contribution in [1.82, 2.24) is 14.9 Å². The second kappa shape index (κ2) is 6.82. The summed E-state index contributed by atoms with van der Waals surface area (Å²) in [5.74, 6) is -0.193. The normalized spacial score (nSPS) is 19.4. The molecule has 0 bridgehead atoms. The van der Waals surface area contributed by atoms with Crippen LogP contribution in [0.25, 0.3) is 0 Å². The minimum absolute atomic E-state index is 0.0592. The summed E-state index contributed by atoms with van der Waals surface area (Å²) >= 11 is 0. The summed E-state index contributed by atoms with van der Waals surface area (Å²) in [6, 6.07) is 1.57. The smallest absolute Gasteiger partial charge is 0.410 e. The van der Waals surface area contributed by atoms with Gasteiger partial charge in [0.25, 0.3) is 0 Å². The molecular weight excluding hydrogens is 318 g/mol. The first-order valence-electron chi connectivity index (χ1n) is 7.65. The molecule has 1 atom stereocenters. The van der Waals surface area contributed by atoms with Crippen molar-refractivity contribution < 1.29 is 17.9 Å². The lowest BCUT2D eigenvalue weighted by atomic mass is 10.0. The van der Waals surface area contributed by atoms with Gasteiger partial charge in [0, 0.05) is 25.5 Å². The molecule has 0 spiro atoms. The summed E-state index contributed by atoms with van der Waals surface area (Å²) in [6.45, 7) is 6.39. The lowest BCUT2D eigenvalue weighted by molar-refractivity contribution is 0.0176. The maximum atomic E-state index is 12.3. The van der Waals surface area contributed by atoms with Gasteiger partial charge in [-0.05, 0) is 45.6 Å². The van der Waals surface area contributed by atoms with Gasteiger partial charge in [0.1, 0.15) is 5.60 Å². The number of hydrogen-bond acceptors (Lipinski definition) is 6. The van der Waals surface area contributed by atoms with Crippen LogP contribution in [0.1, 0.15) is 33.6 Å². The van der Waals surface area contributed by atoms with E-state index in [0.29, 0.717) is 13.1 Å². The van der Waals surface area contributed by atoms with Crippen LogP contribution in [0.2, 0.25) is 0 Å². The molecule has 7 nitrogen and oxygen atoms in total. The number of carbonyl (C=O) groups excluding carboxylic acids is 1. The van der Waals surface area contributed by atoms with Gasteiger partial charge in [-0.3, -0.25) is 0 Å². The van der Waals surface area contributed by atoms with Gasteiger partial charge in [-0.25, -0.2) is 23.2 Å². The molecule has 1 aromatic heterocycles. The van der Waals surface area contributed by atoms with Crippen molar-refractivity contribution in [3.8, 4) is 0 Å². The van der Waals surface area contributed by atoms with Gasteiger partial charge >= 0.3 is 6.09 Å². The second-order valence-electron chi connectivity index (χ2n) is 6.75. The number of carbonyl (C=O) groups is 1. The first kappa shape index (κ1) is 17.7. The molecule has 0 aromatic carbocycles. The molecule has 1 aliphatic rings. The Balaban J connectivity index is 2.00. The number of likely N-dealkylation sites (tertiary alicyclic amines) is 1. The Kier molecular flexibility index (Phi) is 5.23. The third kappa shape index (κ3) is 5.16. The zero-order valence-electron chi connectivity index (χ0n) is 13.7. The van der Waals surface area contributed by atoms with Crippen molar-refractivity contribution in [2.75, 3.05) is 18.8 Å². The quantitative estimate of drug-likeness (QED) is 0.780. The lowest BCUT2D eigenvalue weighted by Gasteiger charge is -2.33. The van der Waals surface area contributed by atoms with E-state index in [9.17, 15) is 13.2 Å². The molecule has 8 heteroatoms.